The van der Waals surface area contributed by atoms with Gasteiger partial charge in [-0.05, 0) is 12.6 Å². The van der Waals surface area contributed by atoms with Gasteiger partial charge in [-0.1, -0.05) is 6.08 Å². The minimum Gasteiger partial charge on any atom is -0.482 e. The van der Waals surface area contributed by atoms with E-state index in [1.54, 1.807) is 14.2 Å². The van der Waals surface area contributed by atoms with E-state index in [1.807, 2.05) is 12.3 Å². The van der Waals surface area contributed by atoms with Crippen LogP contribution in [0.5, 0.6) is 0 Å². The van der Waals surface area contributed by atoms with E-state index in [-0.39, 0.29) is 17.9 Å². The quantitative estimate of drug-likeness (QED) is 0.587. The molecule has 2 aliphatic rings. The van der Waals surface area contributed by atoms with Gasteiger partial charge in [0.25, 0.3) is 0 Å². The molecule has 0 aliphatic carbocycles. The van der Waals surface area contributed by atoms with Crippen molar-refractivity contribution in [1.29, 1.82) is 0 Å². The molecular formula is C9H13N3O2. The number of nitrogens with zero attached hydrogens (tertiary/aromatic N) is 2. The van der Waals surface area contributed by atoms with Crippen molar-refractivity contribution in [3.05, 3.63) is 12.3 Å². The molecule has 1 N–H and O–H groups in total. The van der Waals surface area contributed by atoms with Gasteiger partial charge in [0.15, 0.2) is 0 Å². The second-order valence-electron chi connectivity index (χ2n) is 3.39. The summed E-state index contributed by atoms with van der Waals surface area (Å²) >= 11 is 0. The van der Waals surface area contributed by atoms with Crippen LogP contribution in [0, 0.1) is 5.92 Å². The monoisotopic (exact) mass is 195 g/mol. The van der Waals surface area contributed by atoms with Gasteiger partial charge in [0.05, 0.1) is 13.0 Å². The maximum atomic E-state index is 11.7. The number of allylic oxidation sites excluding steroid dienone is 1. The van der Waals surface area contributed by atoms with Crippen molar-refractivity contribution in [3.63, 3.8) is 0 Å². The van der Waals surface area contributed by atoms with Crippen LogP contribution < -0.4 is 5.32 Å². The molecule has 0 spiro atoms. The first-order valence-electron chi connectivity index (χ1n) is 4.55. The summed E-state index contributed by atoms with van der Waals surface area (Å²) in [4.78, 5) is 11.7. The summed E-state index contributed by atoms with van der Waals surface area (Å²) < 4.78 is 5.14. The fourth-order valence-corrected chi connectivity index (χ4v) is 1.79. The molecule has 0 aromatic carbocycles. The summed E-state index contributed by atoms with van der Waals surface area (Å²) in [5.74, 6) is 0.520. The predicted molar refractivity (Wildman–Crippen MR) is 51.4 cm³/mol. The standard InChI is InChI=1S/C9H13N3O2/c1-12-9(13)6-4-3-5-10-7(6)8(11-12)14-2/h3,5-7,10H,4H2,1-2H3. The molecule has 0 aromatic heterocycles. The van der Waals surface area contributed by atoms with Crippen molar-refractivity contribution in [2.45, 2.75) is 12.5 Å². The highest BCUT2D eigenvalue weighted by atomic mass is 16.5. The number of hydrazone groups is 1. The first kappa shape index (κ1) is 9.05. The first-order chi connectivity index (χ1) is 6.74. The van der Waals surface area contributed by atoms with E-state index in [0.717, 1.165) is 6.42 Å². The average Bonchev–Trinajstić information content (AvgIpc) is 2.23. The van der Waals surface area contributed by atoms with Gasteiger partial charge in [-0.15, -0.1) is 5.10 Å². The summed E-state index contributed by atoms with van der Waals surface area (Å²) in [5.41, 5.74) is 0. The lowest BCUT2D eigenvalue weighted by atomic mass is 9.91. The van der Waals surface area contributed by atoms with E-state index in [0.29, 0.717) is 5.90 Å². The molecule has 5 heteroatoms. The Morgan fingerprint density at radius 3 is 3.21 bits per heavy atom. The second-order valence-corrected chi connectivity index (χ2v) is 3.39. The van der Waals surface area contributed by atoms with Crippen molar-refractivity contribution >= 4 is 11.8 Å². The highest BCUT2D eigenvalue weighted by molar-refractivity contribution is 5.94. The van der Waals surface area contributed by atoms with Gasteiger partial charge in [-0.25, -0.2) is 5.01 Å². The van der Waals surface area contributed by atoms with Crippen LogP contribution in [-0.4, -0.2) is 37.0 Å². The normalized spacial score (nSPS) is 30.6. The van der Waals surface area contributed by atoms with Crippen LogP contribution in [0.4, 0.5) is 0 Å². The molecule has 2 unspecified atom stereocenters. The Balaban J connectivity index is 2.32. The number of nitrogens with one attached hydrogen (secondary N) is 1. The third kappa shape index (κ3) is 1.25. The highest BCUT2D eigenvalue weighted by Gasteiger charge is 2.39. The number of amides is 1. The molecule has 0 saturated carbocycles. The molecule has 76 valence electrons. The topological polar surface area (TPSA) is 53.9 Å². The van der Waals surface area contributed by atoms with E-state index in [9.17, 15) is 4.79 Å². The summed E-state index contributed by atoms with van der Waals surface area (Å²) in [6.07, 6.45) is 4.53. The third-order valence-electron chi connectivity index (χ3n) is 2.55. The number of fused-ring (bicyclic) bond motifs is 1. The van der Waals surface area contributed by atoms with Crippen LogP contribution in [0.3, 0.4) is 0 Å². The van der Waals surface area contributed by atoms with E-state index in [2.05, 4.69) is 10.4 Å². The average molecular weight is 195 g/mol. The van der Waals surface area contributed by atoms with Crippen molar-refractivity contribution < 1.29 is 9.53 Å². The Morgan fingerprint density at radius 2 is 2.50 bits per heavy atom. The van der Waals surface area contributed by atoms with Crippen molar-refractivity contribution in [3.8, 4) is 0 Å². The van der Waals surface area contributed by atoms with Gasteiger partial charge >= 0.3 is 0 Å². The van der Waals surface area contributed by atoms with Gasteiger partial charge in [0, 0.05) is 7.05 Å². The van der Waals surface area contributed by atoms with Gasteiger partial charge in [0.2, 0.25) is 11.8 Å². The van der Waals surface area contributed by atoms with E-state index in [1.165, 1.54) is 5.01 Å². The molecule has 1 amide bonds. The molecular weight excluding hydrogens is 182 g/mol. The lowest BCUT2D eigenvalue weighted by Crippen LogP contribution is -2.53. The molecule has 0 radical (unpaired) electrons. The third-order valence-corrected chi connectivity index (χ3v) is 2.55. The highest BCUT2D eigenvalue weighted by Crippen LogP contribution is 2.22. The number of rotatable bonds is 0. The summed E-state index contributed by atoms with van der Waals surface area (Å²) in [6, 6.07) is -0.103. The van der Waals surface area contributed by atoms with Gasteiger partial charge in [-0.2, -0.15) is 0 Å². The van der Waals surface area contributed by atoms with Crippen LogP contribution in [0.2, 0.25) is 0 Å². The molecule has 2 aliphatic heterocycles. The number of hydrogen-bond acceptors (Lipinski definition) is 4. The molecule has 2 heterocycles. The van der Waals surface area contributed by atoms with E-state index in [4.69, 9.17) is 4.74 Å². The lowest BCUT2D eigenvalue weighted by molar-refractivity contribution is -0.136. The number of hydrogen-bond donors (Lipinski definition) is 1. The van der Waals surface area contributed by atoms with Crippen LogP contribution in [0.1, 0.15) is 6.42 Å². The summed E-state index contributed by atoms with van der Waals surface area (Å²) in [6.45, 7) is 0. The van der Waals surface area contributed by atoms with Crippen molar-refractivity contribution in [1.82, 2.24) is 10.3 Å². The summed E-state index contributed by atoms with van der Waals surface area (Å²) in [5, 5.41) is 8.49. The van der Waals surface area contributed by atoms with E-state index >= 15 is 0 Å². The zero-order valence-corrected chi connectivity index (χ0v) is 8.23. The fraction of sp³-hybridized carbons (Fsp3) is 0.556. The second kappa shape index (κ2) is 3.32. The van der Waals surface area contributed by atoms with E-state index < -0.39 is 0 Å². The molecule has 5 nitrogen and oxygen atoms in total. The Hall–Kier alpha value is -1.52. The van der Waals surface area contributed by atoms with Gasteiger partial charge < -0.3 is 10.1 Å². The Morgan fingerprint density at radius 1 is 1.71 bits per heavy atom. The maximum Gasteiger partial charge on any atom is 0.248 e. The Bertz CT molecular complexity index is 311. The molecule has 2 atom stereocenters. The van der Waals surface area contributed by atoms with Crippen LogP contribution >= 0.6 is 0 Å². The van der Waals surface area contributed by atoms with Crippen LogP contribution in [0.15, 0.2) is 17.4 Å². The molecule has 0 fully saturated rings. The largest absolute Gasteiger partial charge is 0.482 e. The number of carbonyl (C=O) groups excluding carboxylic acids is 1. The minimum atomic E-state index is -0.103. The Labute approximate surface area is 82.4 Å². The maximum absolute atomic E-state index is 11.7. The molecule has 2 rings (SSSR count). The molecule has 0 bridgehead atoms. The smallest absolute Gasteiger partial charge is 0.248 e. The van der Waals surface area contributed by atoms with Crippen LogP contribution in [-0.2, 0) is 9.53 Å². The predicted octanol–water partition coefficient (Wildman–Crippen LogP) is -0.0899. The SMILES string of the molecule is COC1=NN(C)C(=O)C2CC=CNC12. The molecule has 0 saturated heterocycles. The Kier molecular flexibility index (Phi) is 2.15. The van der Waals surface area contributed by atoms with Crippen molar-refractivity contribution in [2.75, 3.05) is 14.2 Å². The number of methoxy groups -OCH3 is 1. The van der Waals surface area contributed by atoms with Crippen molar-refractivity contribution in [2.24, 2.45) is 11.0 Å². The van der Waals surface area contributed by atoms with Crippen LogP contribution in [0.25, 0.3) is 0 Å². The zero-order valence-electron chi connectivity index (χ0n) is 8.23. The fourth-order valence-electron chi connectivity index (χ4n) is 1.79. The summed E-state index contributed by atoms with van der Waals surface area (Å²) in [7, 11) is 3.22. The van der Waals surface area contributed by atoms with Gasteiger partial charge in [0.1, 0.15) is 6.04 Å². The molecule has 0 aromatic rings. The lowest BCUT2D eigenvalue weighted by Gasteiger charge is -2.34. The number of ether oxygens (including phenoxy) is 1. The molecule has 14 heavy (non-hydrogen) atoms. The first-order valence-corrected chi connectivity index (χ1v) is 4.55. The minimum absolute atomic E-state index is 0.0349. The number of carbonyl (C=O) groups is 1. The van der Waals surface area contributed by atoms with Gasteiger partial charge in [-0.3, -0.25) is 4.79 Å². The zero-order chi connectivity index (χ0) is 10.1.